The van der Waals surface area contributed by atoms with Crippen LogP contribution in [0, 0.1) is 12.7 Å². The van der Waals surface area contributed by atoms with Gasteiger partial charge in [-0.15, -0.1) is 0 Å². The van der Waals surface area contributed by atoms with Crippen molar-refractivity contribution in [2.45, 2.75) is 19.9 Å². The third-order valence-corrected chi connectivity index (χ3v) is 2.80. The third kappa shape index (κ3) is 2.80. The van der Waals surface area contributed by atoms with Crippen molar-refractivity contribution in [1.29, 1.82) is 0 Å². The number of hydrogen-bond donors (Lipinski definition) is 1. The van der Waals surface area contributed by atoms with Crippen LogP contribution in [0.3, 0.4) is 0 Å². The molecule has 0 fully saturated rings. The van der Waals surface area contributed by atoms with Gasteiger partial charge in [0.15, 0.2) is 0 Å². The van der Waals surface area contributed by atoms with Crippen LogP contribution in [0.5, 0.6) is 0 Å². The Morgan fingerprint density at radius 3 is 2.65 bits per heavy atom. The minimum atomic E-state index is -0.345. The van der Waals surface area contributed by atoms with E-state index in [0.717, 1.165) is 11.5 Å². The maximum atomic E-state index is 12.9. The van der Waals surface area contributed by atoms with E-state index in [1.807, 2.05) is 26.0 Å². The minimum absolute atomic E-state index is 0.0216. The number of hydrogen-bond acceptors (Lipinski definition) is 2. The van der Waals surface area contributed by atoms with Crippen molar-refractivity contribution in [3.05, 3.63) is 52.7 Å². The van der Waals surface area contributed by atoms with Gasteiger partial charge in [0.2, 0.25) is 0 Å². The zero-order chi connectivity index (χ0) is 12.4. The van der Waals surface area contributed by atoms with E-state index >= 15 is 0 Å². The molecule has 0 aliphatic heterocycles. The second-order valence-electron chi connectivity index (χ2n) is 3.94. The van der Waals surface area contributed by atoms with E-state index in [2.05, 4.69) is 5.32 Å². The van der Waals surface area contributed by atoms with Crippen molar-refractivity contribution in [3.63, 3.8) is 0 Å². The fraction of sp³-hybridized carbons (Fsp3) is 0.231. The molecule has 1 heterocycles. The molecule has 0 amide bonds. The third-order valence-electron chi connectivity index (χ3n) is 2.49. The van der Waals surface area contributed by atoms with E-state index in [9.17, 15) is 4.39 Å². The van der Waals surface area contributed by atoms with Gasteiger partial charge in [0.1, 0.15) is 17.3 Å². The van der Waals surface area contributed by atoms with Gasteiger partial charge in [0.25, 0.3) is 0 Å². The molecular formula is C13H13ClFNO. The first kappa shape index (κ1) is 12.0. The molecule has 2 nitrogen and oxygen atoms in total. The monoisotopic (exact) mass is 253 g/mol. The quantitative estimate of drug-likeness (QED) is 0.868. The van der Waals surface area contributed by atoms with Crippen molar-refractivity contribution in [2.24, 2.45) is 0 Å². The largest absolute Gasteiger partial charge is 0.464 e. The van der Waals surface area contributed by atoms with Gasteiger partial charge in [0, 0.05) is 0 Å². The average molecular weight is 254 g/mol. The summed E-state index contributed by atoms with van der Waals surface area (Å²) in [5.41, 5.74) is 0.689. The van der Waals surface area contributed by atoms with Gasteiger partial charge in [-0.05, 0) is 44.2 Å². The molecule has 17 heavy (non-hydrogen) atoms. The Balaban J connectivity index is 2.15. The summed E-state index contributed by atoms with van der Waals surface area (Å²) in [7, 11) is 0. The Labute approximate surface area is 104 Å². The summed E-state index contributed by atoms with van der Waals surface area (Å²) in [6, 6.07) is 8.05. The van der Waals surface area contributed by atoms with E-state index in [-0.39, 0.29) is 11.9 Å². The SMILES string of the molecule is Cc1ccc(C(C)Nc2ccc(F)cc2Cl)o1. The van der Waals surface area contributed by atoms with E-state index in [1.165, 1.54) is 12.1 Å². The minimum Gasteiger partial charge on any atom is -0.464 e. The maximum Gasteiger partial charge on any atom is 0.126 e. The van der Waals surface area contributed by atoms with Crippen LogP contribution in [0.15, 0.2) is 34.7 Å². The van der Waals surface area contributed by atoms with Crippen LogP contribution in [0.25, 0.3) is 0 Å². The summed E-state index contributed by atoms with van der Waals surface area (Å²) in [5.74, 6) is 1.34. The van der Waals surface area contributed by atoms with Crippen molar-refractivity contribution >= 4 is 17.3 Å². The highest BCUT2D eigenvalue weighted by atomic mass is 35.5. The first-order valence-corrected chi connectivity index (χ1v) is 5.72. The molecule has 1 atom stereocenters. The van der Waals surface area contributed by atoms with E-state index in [1.54, 1.807) is 6.07 Å². The van der Waals surface area contributed by atoms with Gasteiger partial charge in [0.05, 0.1) is 16.8 Å². The van der Waals surface area contributed by atoms with Gasteiger partial charge < -0.3 is 9.73 Å². The predicted octanol–water partition coefficient (Wildman–Crippen LogP) is 4.55. The smallest absolute Gasteiger partial charge is 0.126 e. The van der Waals surface area contributed by atoms with E-state index in [4.69, 9.17) is 16.0 Å². The van der Waals surface area contributed by atoms with Crippen LogP contribution < -0.4 is 5.32 Å². The van der Waals surface area contributed by atoms with Gasteiger partial charge in [-0.2, -0.15) is 0 Å². The molecule has 90 valence electrons. The number of anilines is 1. The highest BCUT2D eigenvalue weighted by Gasteiger charge is 2.11. The average Bonchev–Trinajstić information content (AvgIpc) is 2.69. The summed E-state index contributed by atoms with van der Waals surface area (Å²) in [6.45, 7) is 3.85. The molecule has 4 heteroatoms. The molecule has 2 aromatic rings. The van der Waals surface area contributed by atoms with Crippen LogP contribution in [-0.4, -0.2) is 0 Å². The maximum absolute atomic E-state index is 12.9. The molecule has 0 saturated heterocycles. The van der Waals surface area contributed by atoms with Crippen LogP contribution in [0.2, 0.25) is 5.02 Å². The van der Waals surface area contributed by atoms with Crippen molar-refractivity contribution in [2.75, 3.05) is 5.32 Å². The molecule has 0 aliphatic rings. The highest BCUT2D eigenvalue weighted by molar-refractivity contribution is 6.33. The number of aryl methyl sites for hydroxylation is 1. The lowest BCUT2D eigenvalue weighted by molar-refractivity contribution is 0.467. The first-order valence-electron chi connectivity index (χ1n) is 5.34. The number of nitrogens with one attached hydrogen (secondary N) is 1. The topological polar surface area (TPSA) is 25.2 Å². The lowest BCUT2D eigenvalue weighted by Gasteiger charge is -2.14. The zero-order valence-electron chi connectivity index (χ0n) is 9.63. The molecule has 0 aliphatic carbocycles. The normalized spacial score (nSPS) is 12.5. The first-order chi connectivity index (χ1) is 8.06. The second-order valence-corrected chi connectivity index (χ2v) is 4.35. The second kappa shape index (κ2) is 4.80. The summed E-state index contributed by atoms with van der Waals surface area (Å²) in [5, 5.41) is 3.54. The van der Waals surface area contributed by atoms with Gasteiger partial charge >= 0.3 is 0 Å². The summed E-state index contributed by atoms with van der Waals surface area (Å²) in [4.78, 5) is 0. The molecule has 2 rings (SSSR count). The van der Waals surface area contributed by atoms with Crippen LogP contribution in [-0.2, 0) is 0 Å². The summed E-state index contributed by atoms with van der Waals surface area (Å²) in [6.07, 6.45) is 0. The molecular weight excluding hydrogens is 241 g/mol. The van der Waals surface area contributed by atoms with Crippen LogP contribution in [0.1, 0.15) is 24.5 Å². The molecule has 1 unspecified atom stereocenters. The predicted molar refractivity (Wildman–Crippen MR) is 66.9 cm³/mol. The Morgan fingerprint density at radius 2 is 2.06 bits per heavy atom. The Morgan fingerprint density at radius 1 is 1.29 bits per heavy atom. The van der Waals surface area contributed by atoms with Crippen LogP contribution >= 0.6 is 11.6 Å². The molecule has 1 aromatic carbocycles. The van der Waals surface area contributed by atoms with Gasteiger partial charge in [-0.25, -0.2) is 4.39 Å². The number of furan rings is 1. The van der Waals surface area contributed by atoms with Crippen molar-refractivity contribution < 1.29 is 8.81 Å². The molecule has 0 bridgehead atoms. The van der Waals surface area contributed by atoms with E-state index < -0.39 is 0 Å². The molecule has 1 aromatic heterocycles. The Bertz CT molecular complexity index is 524. The molecule has 0 saturated carbocycles. The lowest BCUT2D eigenvalue weighted by atomic mass is 10.2. The van der Waals surface area contributed by atoms with Crippen molar-refractivity contribution in [3.8, 4) is 0 Å². The highest BCUT2D eigenvalue weighted by Crippen LogP contribution is 2.27. The Hall–Kier alpha value is -1.48. The number of halogens is 2. The van der Waals surface area contributed by atoms with Crippen LogP contribution in [0.4, 0.5) is 10.1 Å². The lowest BCUT2D eigenvalue weighted by Crippen LogP contribution is -2.06. The van der Waals surface area contributed by atoms with Crippen molar-refractivity contribution in [1.82, 2.24) is 0 Å². The number of benzene rings is 1. The van der Waals surface area contributed by atoms with E-state index in [0.29, 0.717) is 10.7 Å². The fourth-order valence-electron chi connectivity index (χ4n) is 1.60. The molecule has 0 spiro atoms. The molecule has 0 radical (unpaired) electrons. The van der Waals surface area contributed by atoms with Gasteiger partial charge in [-0.1, -0.05) is 11.6 Å². The molecule has 1 N–H and O–H groups in total. The standard InChI is InChI=1S/C13H13ClFNO/c1-8-3-6-13(17-8)9(2)16-12-5-4-10(15)7-11(12)14/h3-7,9,16H,1-2H3. The summed E-state index contributed by atoms with van der Waals surface area (Å²) < 4.78 is 18.4. The summed E-state index contributed by atoms with van der Waals surface area (Å²) >= 11 is 5.93. The zero-order valence-corrected chi connectivity index (χ0v) is 10.4. The number of rotatable bonds is 3. The fourth-order valence-corrected chi connectivity index (χ4v) is 1.82. The Kier molecular flexibility index (Phi) is 3.38. The van der Waals surface area contributed by atoms with Gasteiger partial charge in [-0.3, -0.25) is 0 Å².